The predicted molar refractivity (Wildman–Crippen MR) is 94.9 cm³/mol. The molecule has 136 valence electrons. The van der Waals surface area contributed by atoms with E-state index in [1.165, 1.54) is 0 Å². The number of hydrogen-bond donors (Lipinski definition) is 1. The van der Waals surface area contributed by atoms with Gasteiger partial charge < -0.3 is 19.2 Å². The maximum absolute atomic E-state index is 10.8. The summed E-state index contributed by atoms with van der Waals surface area (Å²) in [4.78, 5) is 10.8. The van der Waals surface area contributed by atoms with Crippen molar-refractivity contribution in [2.24, 2.45) is 0 Å². The largest absolute Gasteiger partial charge is 0.469 e. The van der Waals surface area contributed by atoms with Crippen molar-refractivity contribution in [2.45, 2.75) is 58.0 Å². The van der Waals surface area contributed by atoms with Crippen LogP contribution in [0, 0.1) is 0 Å². The number of hydrogen-bond acceptors (Lipinski definition) is 5. The Morgan fingerprint density at radius 2 is 2.25 bits per heavy atom. The number of carbonyl (C=O) groups is 1. The Morgan fingerprint density at radius 3 is 2.83 bits per heavy atom. The molecule has 1 aliphatic rings. The molecule has 1 atom stereocenters. The Kier molecular flexibility index (Phi) is 6.05. The van der Waals surface area contributed by atoms with Crippen LogP contribution in [0.1, 0.15) is 27.2 Å². The fourth-order valence-electron chi connectivity index (χ4n) is 2.14. The van der Waals surface area contributed by atoms with Gasteiger partial charge in [0.1, 0.15) is 11.8 Å². The van der Waals surface area contributed by atoms with Gasteiger partial charge in [-0.3, -0.25) is 9.48 Å². The van der Waals surface area contributed by atoms with Crippen LogP contribution in [-0.4, -0.2) is 50.4 Å². The molecular formula is C16H29N3O4Si. The summed E-state index contributed by atoms with van der Waals surface area (Å²) in [5.41, 5.74) is 0.573. The zero-order valence-corrected chi connectivity index (χ0v) is 16.3. The van der Waals surface area contributed by atoms with Gasteiger partial charge in [-0.2, -0.15) is 0 Å². The molecule has 24 heavy (non-hydrogen) atoms. The number of aromatic nitrogens is 2. The van der Waals surface area contributed by atoms with Gasteiger partial charge in [-0.25, -0.2) is 0 Å². The summed E-state index contributed by atoms with van der Waals surface area (Å²) in [5.74, 6) is 0.435. The standard InChI is InChI=1S/C16H29N3O4Si/c1-16(2,3)24(4,5)22-9-7-19-10-14(17-12-20)15(18-19)23-13-6-8-21-11-13/h10,12-13H,6-9,11H2,1-5H3,(H,17,20). The predicted octanol–water partition coefficient (Wildman–Crippen LogP) is 2.64. The Morgan fingerprint density at radius 1 is 1.50 bits per heavy atom. The molecular weight excluding hydrogens is 326 g/mol. The SMILES string of the molecule is CC(C)(C)[Si](C)(C)OCCn1cc(NC=O)c(OC2CCOC2)n1. The minimum absolute atomic E-state index is 0.0102. The lowest BCUT2D eigenvalue weighted by atomic mass is 10.2. The van der Waals surface area contributed by atoms with Crippen molar-refractivity contribution in [3.63, 3.8) is 0 Å². The number of anilines is 1. The average molecular weight is 356 g/mol. The number of nitrogens with one attached hydrogen (secondary N) is 1. The minimum atomic E-state index is -1.77. The number of ether oxygens (including phenoxy) is 2. The van der Waals surface area contributed by atoms with Gasteiger partial charge >= 0.3 is 0 Å². The highest BCUT2D eigenvalue weighted by atomic mass is 28.4. The van der Waals surface area contributed by atoms with Crippen molar-refractivity contribution in [3.8, 4) is 5.88 Å². The molecule has 0 radical (unpaired) electrons. The van der Waals surface area contributed by atoms with Gasteiger partial charge in [0.2, 0.25) is 6.41 Å². The molecule has 1 saturated heterocycles. The molecule has 1 aliphatic heterocycles. The van der Waals surface area contributed by atoms with Crippen molar-refractivity contribution in [3.05, 3.63) is 6.20 Å². The van der Waals surface area contributed by atoms with Gasteiger partial charge in [-0.05, 0) is 18.1 Å². The topological polar surface area (TPSA) is 74.6 Å². The van der Waals surface area contributed by atoms with Crippen LogP contribution < -0.4 is 10.1 Å². The summed E-state index contributed by atoms with van der Waals surface area (Å²) in [7, 11) is -1.77. The highest BCUT2D eigenvalue weighted by Crippen LogP contribution is 2.36. The molecule has 0 aromatic carbocycles. The van der Waals surface area contributed by atoms with E-state index in [0.717, 1.165) is 6.42 Å². The maximum Gasteiger partial charge on any atom is 0.257 e. The van der Waals surface area contributed by atoms with E-state index in [9.17, 15) is 4.79 Å². The van der Waals surface area contributed by atoms with Crippen LogP contribution >= 0.6 is 0 Å². The second-order valence-electron chi connectivity index (χ2n) is 7.59. The van der Waals surface area contributed by atoms with Crippen LogP contribution in [0.5, 0.6) is 5.88 Å². The summed E-state index contributed by atoms with van der Waals surface area (Å²) < 4.78 is 19.1. The monoisotopic (exact) mass is 355 g/mol. The molecule has 1 fully saturated rings. The van der Waals surface area contributed by atoms with Gasteiger partial charge in [0.15, 0.2) is 8.32 Å². The molecule has 1 unspecified atom stereocenters. The van der Waals surface area contributed by atoms with E-state index < -0.39 is 8.32 Å². The third-order valence-corrected chi connectivity index (χ3v) is 9.24. The van der Waals surface area contributed by atoms with Crippen LogP contribution in [0.4, 0.5) is 5.69 Å². The molecule has 1 aromatic heterocycles. The van der Waals surface area contributed by atoms with Crippen molar-refractivity contribution in [2.75, 3.05) is 25.1 Å². The van der Waals surface area contributed by atoms with Crippen molar-refractivity contribution >= 4 is 20.4 Å². The van der Waals surface area contributed by atoms with Crippen molar-refractivity contribution in [1.29, 1.82) is 0 Å². The number of amides is 1. The molecule has 2 rings (SSSR count). The van der Waals surface area contributed by atoms with E-state index in [1.807, 2.05) is 0 Å². The van der Waals surface area contributed by atoms with Gasteiger partial charge in [0.25, 0.3) is 5.88 Å². The fraction of sp³-hybridized carbons (Fsp3) is 0.750. The third kappa shape index (κ3) is 4.81. The Labute approximate surface area is 144 Å². The highest BCUT2D eigenvalue weighted by Gasteiger charge is 2.36. The van der Waals surface area contributed by atoms with Crippen molar-refractivity contribution < 1.29 is 18.7 Å². The van der Waals surface area contributed by atoms with Gasteiger partial charge in [-0.15, -0.1) is 5.10 Å². The zero-order chi connectivity index (χ0) is 17.8. The van der Waals surface area contributed by atoms with Crippen LogP contribution in [0.15, 0.2) is 6.20 Å². The second-order valence-corrected chi connectivity index (χ2v) is 12.4. The lowest BCUT2D eigenvalue weighted by molar-refractivity contribution is -0.105. The van der Waals surface area contributed by atoms with E-state index >= 15 is 0 Å². The molecule has 0 spiro atoms. The van der Waals surface area contributed by atoms with E-state index in [0.29, 0.717) is 44.3 Å². The summed E-state index contributed by atoms with van der Waals surface area (Å²) in [6.07, 6.45) is 3.23. The average Bonchev–Trinajstić information content (AvgIpc) is 3.09. The Hall–Kier alpha value is -1.38. The lowest BCUT2D eigenvalue weighted by Gasteiger charge is -2.36. The molecule has 0 bridgehead atoms. The van der Waals surface area contributed by atoms with E-state index in [1.54, 1.807) is 10.9 Å². The molecule has 0 aliphatic carbocycles. The second kappa shape index (κ2) is 7.67. The molecule has 2 heterocycles. The first-order chi connectivity index (χ1) is 11.2. The Balaban J connectivity index is 1.96. The number of rotatable bonds is 8. The lowest BCUT2D eigenvalue weighted by Crippen LogP contribution is -2.41. The molecule has 1 aromatic rings. The molecule has 1 amide bonds. The summed E-state index contributed by atoms with van der Waals surface area (Å²) >= 11 is 0. The fourth-order valence-corrected chi connectivity index (χ4v) is 3.18. The minimum Gasteiger partial charge on any atom is -0.469 e. The normalized spacial score (nSPS) is 18.6. The summed E-state index contributed by atoms with van der Waals surface area (Å²) in [6.45, 7) is 13.6. The first-order valence-corrected chi connectivity index (χ1v) is 11.3. The third-order valence-electron chi connectivity index (χ3n) is 4.70. The van der Waals surface area contributed by atoms with Crippen LogP contribution in [0.2, 0.25) is 18.1 Å². The smallest absolute Gasteiger partial charge is 0.257 e. The van der Waals surface area contributed by atoms with Crippen LogP contribution in [0.3, 0.4) is 0 Å². The summed E-state index contributed by atoms with van der Waals surface area (Å²) in [6, 6.07) is 0. The van der Waals surface area contributed by atoms with E-state index in [4.69, 9.17) is 13.9 Å². The van der Waals surface area contributed by atoms with Gasteiger partial charge in [-0.1, -0.05) is 20.8 Å². The molecule has 0 saturated carbocycles. The van der Waals surface area contributed by atoms with Crippen LogP contribution in [0.25, 0.3) is 0 Å². The zero-order valence-electron chi connectivity index (χ0n) is 15.3. The maximum atomic E-state index is 10.8. The van der Waals surface area contributed by atoms with Crippen LogP contribution in [-0.2, 0) is 20.5 Å². The number of carbonyl (C=O) groups excluding carboxylic acids is 1. The summed E-state index contributed by atoms with van der Waals surface area (Å²) in [5, 5.41) is 7.25. The highest BCUT2D eigenvalue weighted by molar-refractivity contribution is 6.74. The molecule has 1 N–H and O–H groups in total. The molecule has 7 nitrogen and oxygen atoms in total. The first kappa shape index (κ1) is 18.9. The quantitative estimate of drug-likeness (QED) is 0.573. The van der Waals surface area contributed by atoms with Gasteiger partial charge in [0.05, 0.1) is 32.6 Å². The van der Waals surface area contributed by atoms with Gasteiger partial charge in [0, 0.05) is 6.42 Å². The Bertz CT molecular complexity index is 548. The number of nitrogens with zero attached hydrogens (tertiary/aromatic N) is 2. The first-order valence-electron chi connectivity index (χ1n) is 8.39. The van der Waals surface area contributed by atoms with E-state index in [-0.39, 0.29) is 11.1 Å². The molecule has 8 heteroatoms. The van der Waals surface area contributed by atoms with Crippen molar-refractivity contribution in [1.82, 2.24) is 9.78 Å². The van der Waals surface area contributed by atoms with E-state index in [2.05, 4.69) is 44.3 Å².